The van der Waals surface area contributed by atoms with E-state index in [4.69, 9.17) is 0 Å². The average molecular weight is 331 g/mol. The number of carbonyl (C=O) groups is 1. The molecule has 0 spiro atoms. The Morgan fingerprint density at radius 1 is 1.61 bits per heavy atom. The van der Waals surface area contributed by atoms with Crippen molar-refractivity contribution in [2.45, 2.75) is 25.8 Å². The zero-order valence-corrected chi connectivity index (χ0v) is 13.5. The minimum absolute atomic E-state index is 0.193. The third-order valence-corrected chi connectivity index (χ3v) is 5.41. The lowest BCUT2D eigenvalue weighted by Gasteiger charge is -2.26. The Kier molecular flexibility index (Phi) is 4.45. The highest BCUT2D eigenvalue weighted by atomic mass is 79.9. The zero-order valence-electron chi connectivity index (χ0n) is 11.1. The van der Waals surface area contributed by atoms with E-state index in [1.165, 1.54) is 0 Å². The van der Waals surface area contributed by atoms with Gasteiger partial charge in [-0.05, 0) is 61.4 Å². The molecule has 0 aromatic carbocycles. The maximum absolute atomic E-state index is 12.5. The van der Waals surface area contributed by atoms with Gasteiger partial charge in [-0.2, -0.15) is 0 Å². The van der Waals surface area contributed by atoms with Crippen molar-refractivity contribution in [3.8, 4) is 0 Å². The van der Waals surface area contributed by atoms with E-state index in [1.54, 1.807) is 11.3 Å². The van der Waals surface area contributed by atoms with E-state index in [9.17, 15) is 4.79 Å². The van der Waals surface area contributed by atoms with E-state index in [0.717, 1.165) is 40.2 Å². The van der Waals surface area contributed by atoms with Crippen LogP contribution in [0.4, 0.5) is 0 Å². The number of carbonyl (C=O) groups excluding carboxylic acids is 1. The lowest BCUT2D eigenvalue weighted by atomic mass is 10.2. The van der Waals surface area contributed by atoms with Crippen LogP contribution in [0.3, 0.4) is 0 Å². The first-order chi connectivity index (χ1) is 8.49. The smallest absolute Gasteiger partial charge is 0.264 e. The molecular formula is C13H19BrN2OS. The number of hydrogen-bond donors (Lipinski definition) is 0. The minimum atomic E-state index is 0.193. The SMILES string of the molecule is Cc1cc(C(=O)N2CCCC2CN(C)C)sc1Br. The van der Waals surface area contributed by atoms with Crippen molar-refractivity contribution < 1.29 is 4.79 Å². The van der Waals surface area contributed by atoms with Gasteiger partial charge in [0.1, 0.15) is 0 Å². The third-order valence-electron chi connectivity index (χ3n) is 3.28. The van der Waals surface area contributed by atoms with E-state index in [1.807, 2.05) is 17.9 Å². The fraction of sp³-hybridized carbons (Fsp3) is 0.615. The van der Waals surface area contributed by atoms with Crippen LogP contribution in [0.2, 0.25) is 0 Å². The van der Waals surface area contributed by atoms with E-state index in [0.29, 0.717) is 6.04 Å². The topological polar surface area (TPSA) is 23.6 Å². The van der Waals surface area contributed by atoms with Gasteiger partial charge in [-0.15, -0.1) is 11.3 Å². The van der Waals surface area contributed by atoms with Crippen LogP contribution in [0.1, 0.15) is 28.1 Å². The molecule has 0 N–H and O–H groups in total. The number of nitrogens with zero attached hydrogens (tertiary/aromatic N) is 2. The van der Waals surface area contributed by atoms with Gasteiger partial charge < -0.3 is 9.80 Å². The number of halogens is 1. The molecule has 1 aliphatic rings. The van der Waals surface area contributed by atoms with Crippen molar-refractivity contribution >= 4 is 33.2 Å². The monoisotopic (exact) mass is 330 g/mol. The molecule has 1 aliphatic heterocycles. The Hall–Kier alpha value is -0.390. The second-order valence-electron chi connectivity index (χ2n) is 5.12. The summed E-state index contributed by atoms with van der Waals surface area (Å²) in [6.45, 7) is 3.88. The first-order valence-electron chi connectivity index (χ1n) is 6.20. The summed E-state index contributed by atoms with van der Waals surface area (Å²) in [6, 6.07) is 2.36. The van der Waals surface area contributed by atoms with Crippen molar-refractivity contribution in [2.24, 2.45) is 0 Å². The van der Waals surface area contributed by atoms with E-state index >= 15 is 0 Å². The maximum Gasteiger partial charge on any atom is 0.264 e. The number of rotatable bonds is 3. The van der Waals surface area contributed by atoms with Gasteiger partial charge in [0.15, 0.2) is 0 Å². The molecule has 0 bridgehead atoms. The number of likely N-dealkylation sites (N-methyl/N-ethyl adjacent to an activating group) is 1. The normalized spacial score (nSPS) is 19.8. The van der Waals surface area contributed by atoms with Gasteiger partial charge in [-0.25, -0.2) is 0 Å². The van der Waals surface area contributed by atoms with Gasteiger partial charge in [0.2, 0.25) is 0 Å². The molecule has 1 saturated heterocycles. The summed E-state index contributed by atoms with van der Waals surface area (Å²) >= 11 is 5.03. The minimum Gasteiger partial charge on any atom is -0.334 e. The summed E-state index contributed by atoms with van der Waals surface area (Å²) in [5.41, 5.74) is 1.15. The number of amides is 1. The van der Waals surface area contributed by atoms with Gasteiger partial charge in [-0.3, -0.25) is 4.79 Å². The van der Waals surface area contributed by atoms with Crippen LogP contribution < -0.4 is 0 Å². The summed E-state index contributed by atoms with van der Waals surface area (Å²) in [5.74, 6) is 0.193. The lowest BCUT2D eigenvalue weighted by molar-refractivity contribution is 0.0721. The van der Waals surface area contributed by atoms with Crippen molar-refractivity contribution in [3.05, 3.63) is 20.3 Å². The van der Waals surface area contributed by atoms with Crippen LogP contribution in [0.25, 0.3) is 0 Å². The number of thiophene rings is 1. The maximum atomic E-state index is 12.5. The van der Waals surface area contributed by atoms with Crippen LogP contribution >= 0.6 is 27.3 Å². The largest absolute Gasteiger partial charge is 0.334 e. The Balaban J connectivity index is 2.12. The second-order valence-corrected chi connectivity index (χ2v) is 7.49. The predicted octanol–water partition coefficient (Wildman–Crippen LogP) is 2.99. The van der Waals surface area contributed by atoms with Gasteiger partial charge in [0.05, 0.1) is 8.66 Å². The molecule has 1 fully saturated rings. The van der Waals surface area contributed by atoms with Gasteiger partial charge in [0, 0.05) is 19.1 Å². The molecule has 1 amide bonds. The third kappa shape index (κ3) is 2.95. The van der Waals surface area contributed by atoms with E-state index in [2.05, 4.69) is 34.9 Å². The molecule has 5 heteroatoms. The van der Waals surface area contributed by atoms with Gasteiger partial charge in [0.25, 0.3) is 5.91 Å². The quantitative estimate of drug-likeness (QED) is 0.850. The zero-order chi connectivity index (χ0) is 13.3. The number of hydrogen-bond acceptors (Lipinski definition) is 3. The molecule has 1 aromatic rings. The summed E-state index contributed by atoms with van der Waals surface area (Å²) in [6.07, 6.45) is 2.24. The molecule has 18 heavy (non-hydrogen) atoms. The summed E-state index contributed by atoms with van der Waals surface area (Å²) < 4.78 is 1.06. The van der Waals surface area contributed by atoms with Gasteiger partial charge >= 0.3 is 0 Å². The van der Waals surface area contributed by atoms with Gasteiger partial charge in [-0.1, -0.05) is 0 Å². The fourth-order valence-corrected chi connectivity index (χ4v) is 3.91. The number of aryl methyl sites for hydroxylation is 1. The highest BCUT2D eigenvalue weighted by Crippen LogP contribution is 2.30. The fourth-order valence-electron chi connectivity index (χ4n) is 2.42. The summed E-state index contributed by atoms with van der Waals surface area (Å²) in [5, 5.41) is 0. The molecular weight excluding hydrogens is 312 g/mol. The molecule has 100 valence electrons. The Morgan fingerprint density at radius 2 is 2.33 bits per heavy atom. The first-order valence-corrected chi connectivity index (χ1v) is 7.81. The van der Waals surface area contributed by atoms with E-state index < -0.39 is 0 Å². The second kappa shape index (κ2) is 5.72. The molecule has 3 nitrogen and oxygen atoms in total. The summed E-state index contributed by atoms with van der Waals surface area (Å²) in [7, 11) is 4.12. The van der Waals surface area contributed by atoms with Crippen LogP contribution in [0.5, 0.6) is 0 Å². The molecule has 0 radical (unpaired) electrons. The molecule has 0 aliphatic carbocycles. The molecule has 2 heterocycles. The molecule has 1 unspecified atom stereocenters. The molecule has 2 rings (SSSR count). The molecule has 0 saturated carbocycles. The number of likely N-dealkylation sites (tertiary alicyclic amines) is 1. The van der Waals surface area contributed by atoms with Crippen molar-refractivity contribution in [3.63, 3.8) is 0 Å². The first kappa shape index (κ1) is 14.0. The van der Waals surface area contributed by atoms with Crippen LogP contribution in [0, 0.1) is 6.92 Å². The summed E-state index contributed by atoms with van der Waals surface area (Å²) in [4.78, 5) is 17.6. The molecule has 1 aromatic heterocycles. The van der Waals surface area contributed by atoms with E-state index in [-0.39, 0.29) is 5.91 Å². The molecule has 1 atom stereocenters. The highest BCUT2D eigenvalue weighted by molar-refractivity contribution is 9.11. The van der Waals surface area contributed by atoms with Crippen molar-refractivity contribution in [2.75, 3.05) is 27.2 Å². The van der Waals surface area contributed by atoms with Crippen LogP contribution in [-0.4, -0.2) is 48.9 Å². The predicted molar refractivity (Wildman–Crippen MR) is 79.4 cm³/mol. The van der Waals surface area contributed by atoms with Crippen molar-refractivity contribution in [1.82, 2.24) is 9.80 Å². The Labute approximate surface area is 121 Å². The van der Waals surface area contributed by atoms with Crippen LogP contribution in [0.15, 0.2) is 9.85 Å². The standard InChI is InChI=1S/C13H19BrN2OS/c1-9-7-11(18-12(9)14)13(17)16-6-4-5-10(16)8-15(2)3/h7,10H,4-6,8H2,1-3H3. The lowest BCUT2D eigenvalue weighted by Crippen LogP contribution is -2.41. The van der Waals surface area contributed by atoms with Crippen LogP contribution in [-0.2, 0) is 0 Å². The highest BCUT2D eigenvalue weighted by Gasteiger charge is 2.30. The Bertz CT molecular complexity index is 425. The average Bonchev–Trinajstić information content (AvgIpc) is 2.85. The van der Waals surface area contributed by atoms with Crippen molar-refractivity contribution in [1.29, 1.82) is 0 Å². The Morgan fingerprint density at radius 3 is 2.89 bits per heavy atom.